The van der Waals surface area contributed by atoms with Gasteiger partial charge in [-0.1, -0.05) is 60.7 Å². The van der Waals surface area contributed by atoms with Gasteiger partial charge in [0, 0.05) is 20.0 Å². The van der Waals surface area contributed by atoms with E-state index in [0.29, 0.717) is 47.4 Å². The van der Waals surface area contributed by atoms with Crippen LogP contribution in [-0.2, 0) is 27.4 Å². The molecule has 0 spiro atoms. The van der Waals surface area contributed by atoms with Gasteiger partial charge in [-0.3, -0.25) is 4.79 Å². The zero-order valence-corrected chi connectivity index (χ0v) is 28.1. The van der Waals surface area contributed by atoms with E-state index in [9.17, 15) is 19.5 Å². The first-order chi connectivity index (χ1) is 23.6. The second kappa shape index (κ2) is 15.3. The molecule has 11 nitrogen and oxygen atoms in total. The SMILES string of the molecule is CCOC(=O)c1cc(O)c2nc(C)n(Cc3ccccc3)c2c1.CCOC(=O)c1cc(OC(C)=O)c2nc(C)n(Cc3ccccc3)c2c1. The third-order valence-electron chi connectivity index (χ3n) is 7.68. The quantitative estimate of drug-likeness (QED) is 0.131. The van der Waals surface area contributed by atoms with Crippen molar-refractivity contribution in [2.24, 2.45) is 0 Å². The molecule has 2 heterocycles. The Kier molecular flexibility index (Phi) is 10.7. The molecule has 1 N–H and O–H groups in total. The van der Waals surface area contributed by atoms with E-state index in [-0.39, 0.29) is 18.1 Å². The second-order valence-electron chi connectivity index (χ2n) is 11.2. The number of aromatic hydroxyl groups is 1. The molecule has 252 valence electrons. The summed E-state index contributed by atoms with van der Waals surface area (Å²) in [5.74, 6) is 0.400. The van der Waals surface area contributed by atoms with Crippen LogP contribution in [-0.4, -0.2) is 55.3 Å². The van der Waals surface area contributed by atoms with E-state index < -0.39 is 17.9 Å². The molecule has 0 aliphatic carbocycles. The molecule has 2 aromatic heterocycles. The molecule has 0 aliphatic heterocycles. The number of ether oxygens (including phenoxy) is 3. The van der Waals surface area contributed by atoms with Crippen LogP contribution in [0, 0.1) is 13.8 Å². The standard InChI is InChI=1S/C20H20N2O4.C18H18N2O3/c1-4-25-20(24)16-10-17-19(18(11-16)26-14(3)23)21-13(2)22(17)12-15-8-6-5-7-9-15;1-3-23-18(22)14-9-15-17(16(21)10-14)19-12(2)20(15)11-13-7-5-4-6-8-13/h5-11H,4,12H2,1-3H3;4-10,21H,3,11H2,1-2H3. The van der Waals surface area contributed by atoms with E-state index in [1.54, 1.807) is 26.0 Å². The minimum Gasteiger partial charge on any atom is -0.506 e. The van der Waals surface area contributed by atoms with Crippen molar-refractivity contribution >= 4 is 40.0 Å². The Morgan fingerprint density at radius 3 is 1.59 bits per heavy atom. The lowest BCUT2D eigenvalue weighted by Gasteiger charge is -2.10. The van der Waals surface area contributed by atoms with Crippen LogP contribution in [0.5, 0.6) is 11.5 Å². The molecule has 0 bridgehead atoms. The van der Waals surface area contributed by atoms with Crippen molar-refractivity contribution in [3.05, 3.63) is 119 Å². The van der Waals surface area contributed by atoms with Crippen molar-refractivity contribution in [3.8, 4) is 11.5 Å². The summed E-state index contributed by atoms with van der Waals surface area (Å²) < 4.78 is 19.4. The molecule has 0 radical (unpaired) electrons. The summed E-state index contributed by atoms with van der Waals surface area (Å²) in [6.45, 7) is 10.3. The van der Waals surface area contributed by atoms with Gasteiger partial charge in [-0.2, -0.15) is 0 Å². The van der Waals surface area contributed by atoms with Gasteiger partial charge in [0.15, 0.2) is 5.75 Å². The van der Waals surface area contributed by atoms with Crippen molar-refractivity contribution in [1.82, 2.24) is 19.1 Å². The van der Waals surface area contributed by atoms with Gasteiger partial charge in [0.1, 0.15) is 28.4 Å². The van der Waals surface area contributed by atoms with Crippen LogP contribution in [0.25, 0.3) is 22.1 Å². The van der Waals surface area contributed by atoms with Gasteiger partial charge >= 0.3 is 17.9 Å². The Hall–Kier alpha value is -5.97. The van der Waals surface area contributed by atoms with Crippen molar-refractivity contribution < 1.29 is 33.7 Å². The average molecular weight is 663 g/mol. The molecule has 49 heavy (non-hydrogen) atoms. The molecule has 0 atom stereocenters. The van der Waals surface area contributed by atoms with Crippen LogP contribution < -0.4 is 4.74 Å². The second-order valence-corrected chi connectivity index (χ2v) is 11.2. The van der Waals surface area contributed by atoms with E-state index in [4.69, 9.17) is 14.2 Å². The highest BCUT2D eigenvalue weighted by Gasteiger charge is 2.20. The summed E-state index contributed by atoms with van der Waals surface area (Å²) in [6, 6.07) is 26.3. The van der Waals surface area contributed by atoms with Crippen molar-refractivity contribution in [3.63, 3.8) is 0 Å². The number of fused-ring (bicyclic) bond motifs is 2. The lowest BCUT2D eigenvalue weighted by atomic mass is 10.1. The number of hydrogen-bond acceptors (Lipinski definition) is 9. The summed E-state index contributed by atoms with van der Waals surface area (Å²) in [5.41, 5.74) is 5.34. The smallest absolute Gasteiger partial charge is 0.338 e. The fraction of sp³-hybridized carbons (Fsp3) is 0.237. The highest BCUT2D eigenvalue weighted by atomic mass is 16.5. The molecule has 6 rings (SSSR count). The van der Waals surface area contributed by atoms with Crippen molar-refractivity contribution in [2.45, 2.75) is 47.7 Å². The number of rotatable bonds is 9. The number of phenolic OH excluding ortho intramolecular Hbond substituents is 1. The Morgan fingerprint density at radius 2 is 1.12 bits per heavy atom. The molecule has 0 saturated heterocycles. The first-order valence-electron chi connectivity index (χ1n) is 15.9. The van der Waals surface area contributed by atoms with Gasteiger partial charge in [0.05, 0.1) is 35.4 Å². The zero-order valence-electron chi connectivity index (χ0n) is 28.1. The third kappa shape index (κ3) is 7.95. The van der Waals surface area contributed by atoms with Crippen LogP contribution in [0.15, 0.2) is 84.9 Å². The number of nitrogens with zero attached hydrogens (tertiary/aromatic N) is 4. The van der Waals surface area contributed by atoms with Crippen LogP contribution in [0.1, 0.15) is 64.3 Å². The summed E-state index contributed by atoms with van der Waals surface area (Å²) in [7, 11) is 0. The van der Waals surface area contributed by atoms with Gasteiger partial charge in [-0.05, 0) is 63.1 Å². The summed E-state index contributed by atoms with van der Waals surface area (Å²) >= 11 is 0. The largest absolute Gasteiger partial charge is 0.506 e. The number of carbonyl (C=O) groups excluding carboxylic acids is 3. The number of carbonyl (C=O) groups is 3. The number of benzene rings is 4. The Bertz CT molecular complexity index is 2120. The number of hydrogen-bond donors (Lipinski definition) is 1. The molecular formula is C38H38N4O7. The van der Waals surface area contributed by atoms with Crippen LogP contribution >= 0.6 is 0 Å². The summed E-state index contributed by atoms with van der Waals surface area (Å²) in [5, 5.41) is 10.2. The van der Waals surface area contributed by atoms with Gasteiger partial charge in [-0.25, -0.2) is 19.6 Å². The van der Waals surface area contributed by atoms with Gasteiger partial charge in [0.2, 0.25) is 0 Å². The molecule has 0 saturated carbocycles. The van der Waals surface area contributed by atoms with Crippen LogP contribution in [0.4, 0.5) is 0 Å². The molecule has 6 aromatic rings. The first kappa shape index (κ1) is 34.4. The Morgan fingerprint density at radius 1 is 0.673 bits per heavy atom. The van der Waals surface area contributed by atoms with Gasteiger partial charge < -0.3 is 28.5 Å². The molecule has 0 amide bonds. The maximum Gasteiger partial charge on any atom is 0.338 e. The topological polar surface area (TPSA) is 135 Å². The van der Waals surface area contributed by atoms with Crippen LogP contribution in [0.2, 0.25) is 0 Å². The van der Waals surface area contributed by atoms with Gasteiger partial charge in [0.25, 0.3) is 0 Å². The summed E-state index contributed by atoms with van der Waals surface area (Å²) in [4.78, 5) is 44.6. The number of phenols is 1. The fourth-order valence-electron chi connectivity index (χ4n) is 5.46. The monoisotopic (exact) mass is 662 g/mol. The van der Waals surface area contributed by atoms with E-state index >= 15 is 0 Å². The average Bonchev–Trinajstić information content (AvgIpc) is 3.57. The van der Waals surface area contributed by atoms with E-state index in [1.807, 2.05) is 83.6 Å². The number of imidazole rings is 2. The van der Waals surface area contributed by atoms with Crippen LogP contribution in [0.3, 0.4) is 0 Å². The third-order valence-corrected chi connectivity index (χ3v) is 7.68. The fourth-order valence-corrected chi connectivity index (χ4v) is 5.46. The number of aromatic nitrogens is 4. The highest BCUT2D eigenvalue weighted by molar-refractivity contribution is 5.97. The summed E-state index contributed by atoms with van der Waals surface area (Å²) in [6.07, 6.45) is 0. The van der Waals surface area contributed by atoms with E-state index in [0.717, 1.165) is 28.3 Å². The predicted molar refractivity (Wildman–Crippen MR) is 185 cm³/mol. The minimum atomic E-state index is -0.470. The molecular weight excluding hydrogens is 624 g/mol. The number of esters is 3. The molecule has 0 aliphatic rings. The first-order valence-corrected chi connectivity index (χ1v) is 15.9. The normalized spacial score (nSPS) is 10.8. The molecule has 0 unspecified atom stereocenters. The highest BCUT2D eigenvalue weighted by Crippen LogP contribution is 2.30. The lowest BCUT2D eigenvalue weighted by molar-refractivity contribution is -0.131. The van der Waals surface area contributed by atoms with Crippen molar-refractivity contribution in [2.75, 3.05) is 13.2 Å². The van der Waals surface area contributed by atoms with Gasteiger partial charge in [-0.15, -0.1) is 0 Å². The minimum absolute atomic E-state index is 0.0135. The molecule has 0 fully saturated rings. The predicted octanol–water partition coefficient (Wildman–Crippen LogP) is 6.77. The Labute approximate surface area is 283 Å². The molecule has 4 aromatic carbocycles. The van der Waals surface area contributed by atoms with E-state index in [2.05, 4.69) is 9.97 Å². The number of aryl methyl sites for hydroxylation is 2. The maximum atomic E-state index is 12.2. The maximum absolute atomic E-state index is 12.2. The molecule has 11 heteroatoms. The lowest BCUT2D eigenvalue weighted by Crippen LogP contribution is -2.08. The zero-order chi connectivity index (χ0) is 35.1. The Balaban J connectivity index is 0.000000192. The van der Waals surface area contributed by atoms with E-state index in [1.165, 1.54) is 19.1 Å². The van der Waals surface area contributed by atoms with Crippen molar-refractivity contribution in [1.29, 1.82) is 0 Å².